The van der Waals surface area contributed by atoms with Gasteiger partial charge < -0.3 is 9.64 Å². The standard InChI is InChI=1S/C18H27ClN2O/c19-17-5-1-2-6-18(17)21-10-7-16(8-11-21)4-3-9-20-12-14-22-15-13-20/h1-2,5-6,16H,3-4,7-15H2. The Labute approximate surface area is 139 Å². The van der Waals surface area contributed by atoms with E-state index in [1.54, 1.807) is 0 Å². The Balaban J connectivity index is 1.37. The van der Waals surface area contributed by atoms with Crippen molar-refractivity contribution in [3.63, 3.8) is 0 Å². The number of hydrogen-bond donors (Lipinski definition) is 0. The largest absolute Gasteiger partial charge is 0.379 e. The van der Waals surface area contributed by atoms with Crippen LogP contribution in [0.3, 0.4) is 0 Å². The average molecular weight is 323 g/mol. The Morgan fingerprint density at radius 1 is 1.05 bits per heavy atom. The summed E-state index contributed by atoms with van der Waals surface area (Å²) in [5, 5.41) is 0.883. The zero-order valence-corrected chi connectivity index (χ0v) is 14.1. The summed E-state index contributed by atoms with van der Waals surface area (Å²) >= 11 is 6.31. The summed E-state index contributed by atoms with van der Waals surface area (Å²) < 4.78 is 5.40. The molecular weight excluding hydrogens is 296 g/mol. The van der Waals surface area contributed by atoms with Crippen LogP contribution in [0.5, 0.6) is 0 Å². The van der Waals surface area contributed by atoms with E-state index in [9.17, 15) is 0 Å². The monoisotopic (exact) mass is 322 g/mol. The molecule has 1 aromatic rings. The highest BCUT2D eigenvalue weighted by molar-refractivity contribution is 6.33. The predicted octanol–water partition coefficient (Wildman–Crippen LogP) is 3.67. The van der Waals surface area contributed by atoms with Crippen molar-refractivity contribution in [1.82, 2.24) is 4.90 Å². The van der Waals surface area contributed by atoms with Crippen molar-refractivity contribution in [3.8, 4) is 0 Å². The molecule has 4 heteroatoms. The summed E-state index contributed by atoms with van der Waals surface area (Å²) in [6.45, 7) is 7.59. The predicted molar refractivity (Wildman–Crippen MR) is 92.9 cm³/mol. The van der Waals surface area contributed by atoms with E-state index < -0.39 is 0 Å². The van der Waals surface area contributed by atoms with E-state index in [1.165, 1.54) is 37.9 Å². The highest BCUT2D eigenvalue weighted by Gasteiger charge is 2.20. The molecule has 0 unspecified atom stereocenters. The molecule has 0 radical (unpaired) electrons. The highest BCUT2D eigenvalue weighted by Crippen LogP contribution is 2.30. The second-order valence-corrected chi connectivity index (χ2v) is 6.89. The van der Waals surface area contributed by atoms with E-state index in [0.717, 1.165) is 50.3 Å². The highest BCUT2D eigenvalue weighted by atomic mass is 35.5. The first-order valence-corrected chi connectivity index (χ1v) is 9.00. The molecule has 0 bridgehead atoms. The third kappa shape index (κ3) is 4.37. The minimum atomic E-state index is 0.883. The molecule has 1 aromatic carbocycles. The second kappa shape index (κ2) is 8.19. The van der Waals surface area contributed by atoms with Crippen LogP contribution in [-0.2, 0) is 4.74 Å². The van der Waals surface area contributed by atoms with Crippen LogP contribution in [-0.4, -0.2) is 50.8 Å². The molecule has 2 saturated heterocycles. The molecule has 0 amide bonds. The van der Waals surface area contributed by atoms with Crippen molar-refractivity contribution in [1.29, 1.82) is 0 Å². The number of benzene rings is 1. The molecule has 2 aliphatic rings. The third-order valence-electron chi connectivity index (χ3n) is 5.00. The fourth-order valence-electron chi connectivity index (χ4n) is 3.60. The molecule has 0 aliphatic carbocycles. The first kappa shape index (κ1) is 16.1. The lowest BCUT2D eigenvalue weighted by molar-refractivity contribution is 0.0365. The lowest BCUT2D eigenvalue weighted by Crippen LogP contribution is -2.37. The molecule has 122 valence electrons. The normalized spacial score (nSPS) is 21.2. The zero-order valence-electron chi connectivity index (χ0n) is 13.3. The maximum absolute atomic E-state index is 6.31. The van der Waals surface area contributed by atoms with E-state index in [1.807, 2.05) is 12.1 Å². The first-order chi connectivity index (χ1) is 10.8. The Kier molecular flexibility index (Phi) is 5.99. The van der Waals surface area contributed by atoms with Crippen molar-refractivity contribution in [2.24, 2.45) is 5.92 Å². The summed E-state index contributed by atoms with van der Waals surface area (Å²) in [6, 6.07) is 8.21. The van der Waals surface area contributed by atoms with Gasteiger partial charge in [-0.05, 0) is 50.3 Å². The lowest BCUT2D eigenvalue weighted by Gasteiger charge is -2.34. The number of piperidine rings is 1. The van der Waals surface area contributed by atoms with Gasteiger partial charge in [0.15, 0.2) is 0 Å². The fourth-order valence-corrected chi connectivity index (χ4v) is 3.85. The average Bonchev–Trinajstić information content (AvgIpc) is 2.57. The molecule has 0 atom stereocenters. The number of halogens is 1. The minimum absolute atomic E-state index is 0.883. The van der Waals surface area contributed by atoms with E-state index >= 15 is 0 Å². The number of hydrogen-bond acceptors (Lipinski definition) is 3. The van der Waals surface area contributed by atoms with Gasteiger partial charge in [-0.15, -0.1) is 0 Å². The van der Waals surface area contributed by atoms with Crippen LogP contribution < -0.4 is 4.90 Å². The van der Waals surface area contributed by atoms with Crippen molar-refractivity contribution < 1.29 is 4.74 Å². The number of rotatable bonds is 5. The molecule has 0 aromatic heterocycles. The minimum Gasteiger partial charge on any atom is -0.379 e. The van der Waals surface area contributed by atoms with Gasteiger partial charge in [-0.3, -0.25) is 4.90 Å². The molecule has 2 aliphatic heterocycles. The van der Waals surface area contributed by atoms with Crippen LogP contribution in [0.25, 0.3) is 0 Å². The Hall–Kier alpha value is -0.770. The lowest BCUT2D eigenvalue weighted by atomic mass is 9.92. The SMILES string of the molecule is Clc1ccccc1N1CCC(CCCN2CCOCC2)CC1. The molecule has 2 heterocycles. The Morgan fingerprint density at radius 3 is 2.50 bits per heavy atom. The molecule has 0 N–H and O–H groups in total. The number of morpholine rings is 1. The quantitative estimate of drug-likeness (QED) is 0.822. The molecule has 3 nitrogen and oxygen atoms in total. The number of anilines is 1. The van der Waals surface area contributed by atoms with Crippen molar-refractivity contribution in [2.75, 3.05) is 50.8 Å². The van der Waals surface area contributed by atoms with E-state index in [4.69, 9.17) is 16.3 Å². The van der Waals surface area contributed by atoms with E-state index in [0.29, 0.717) is 0 Å². The van der Waals surface area contributed by atoms with E-state index in [2.05, 4.69) is 21.9 Å². The first-order valence-electron chi connectivity index (χ1n) is 8.62. The smallest absolute Gasteiger partial charge is 0.0639 e. The van der Waals surface area contributed by atoms with Gasteiger partial charge in [-0.25, -0.2) is 0 Å². The number of para-hydroxylation sites is 1. The summed E-state index contributed by atoms with van der Waals surface area (Å²) in [5.41, 5.74) is 1.20. The summed E-state index contributed by atoms with van der Waals surface area (Å²) in [6.07, 6.45) is 5.30. The van der Waals surface area contributed by atoms with Gasteiger partial charge in [-0.2, -0.15) is 0 Å². The van der Waals surface area contributed by atoms with Gasteiger partial charge in [0.2, 0.25) is 0 Å². The number of ether oxygens (including phenoxy) is 1. The molecular formula is C18H27ClN2O. The molecule has 2 fully saturated rings. The third-order valence-corrected chi connectivity index (χ3v) is 5.32. The number of nitrogens with zero attached hydrogens (tertiary/aromatic N) is 2. The summed E-state index contributed by atoms with van der Waals surface area (Å²) in [4.78, 5) is 4.99. The second-order valence-electron chi connectivity index (χ2n) is 6.48. The van der Waals surface area contributed by atoms with Crippen molar-refractivity contribution >= 4 is 17.3 Å². The molecule has 0 saturated carbocycles. The van der Waals surface area contributed by atoms with Crippen LogP contribution >= 0.6 is 11.6 Å². The van der Waals surface area contributed by atoms with Gasteiger partial charge in [0.05, 0.1) is 23.9 Å². The Morgan fingerprint density at radius 2 is 1.77 bits per heavy atom. The van der Waals surface area contributed by atoms with Crippen molar-refractivity contribution in [3.05, 3.63) is 29.3 Å². The summed E-state index contributed by atoms with van der Waals surface area (Å²) in [5.74, 6) is 0.889. The molecule has 3 rings (SSSR count). The van der Waals surface area contributed by atoms with Crippen molar-refractivity contribution in [2.45, 2.75) is 25.7 Å². The van der Waals surface area contributed by atoms with Crippen LogP contribution in [0.15, 0.2) is 24.3 Å². The zero-order chi connectivity index (χ0) is 15.2. The van der Waals surface area contributed by atoms with Gasteiger partial charge in [0.1, 0.15) is 0 Å². The van der Waals surface area contributed by atoms with Gasteiger partial charge >= 0.3 is 0 Å². The van der Waals surface area contributed by atoms with Crippen LogP contribution in [0, 0.1) is 5.92 Å². The fraction of sp³-hybridized carbons (Fsp3) is 0.667. The molecule has 22 heavy (non-hydrogen) atoms. The Bertz CT molecular complexity index is 454. The van der Waals surface area contributed by atoms with Gasteiger partial charge in [-0.1, -0.05) is 23.7 Å². The maximum Gasteiger partial charge on any atom is 0.0639 e. The van der Waals surface area contributed by atoms with E-state index in [-0.39, 0.29) is 0 Å². The van der Waals surface area contributed by atoms with Crippen LogP contribution in [0.4, 0.5) is 5.69 Å². The van der Waals surface area contributed by atoms with Crippen LogP contribution in [0.2, 0.25) is 5.02 Å². The topological polar surface area (TPSA) is 15.7 Å². The van der Waals surface area contributed by atoms with Gasteiger partial charge in [0, 0.05) is 26.2 Å². The summed E-state index contributed by atoms with van der Waals surface area (Å²) in [7, 11) is 0. The molecule has 0 spiro atoms. The van der Waals surface area contributed by atoms with Crippen LogP contribution in [0.1, 0.15) is 25.7 Å². The van der Waals surface area contributed by atoms with Gasteiger partial charge in [0.25, 0.3) is 0 Å². The maximum atomic E-state index is 6.31.